The summed E-state index contributed by atoms with van der Waals surface area (Å²) in [6.45, 7) is -0.0879. The highest BCUT2D eigenvalue weighted by atomic mass is 19.1. The fraction of sp³-hybridized carbons (Fsp3) is 0.226. The molecule has 1 saturated heterocycles. The monoisotopic (exact) mass is 563 g/mol. The number of nitrogens with zero attached hydrogens (tertiary/aromatic N) is 2. The van der Waals surface area contributed by atoms with Gasteiger partial charge in [-0.2, -0.15) is 0 Å². The number of carbonyl (C=O) groups is 2. The highest BCUT2D eigenvalue weighted by molar-refractivity contribution is 6.08. The van der Waals surface area contributed by atoms with E-state index in [9.17, 15) is 27.2 Å². The van der Waals surface area contributed by atoms with E-state index in [1.54, 1.807) is 28.1 Å². The van der Waals surface area contributed by atoms with Gasteiger partial charge in [-0.05, 0) is 30.5 Å². The average molecular weight is 564 g/mol. The van der Waals surface area contributed by atoms with Crippen LogP contribution in [0.5, 0.6) is 0 Å². The predicted octanol–water partition coefficient (Wildman–Crippen LogP) is 5.24. The van der Waals surface area contributed by atoms with Gasteiger partial charge < -0.3 is 19.9 Å². The van der Waals surface area contributed by atoms with E-state index < -0.39 is 35.5 Å². The second-order valence-electron chi connectivity index (χ2n) is 10.2. The highest BCUT2D eigenvalue weighted by Crippen LogP contribution is 2.40. The Morgan fingerprint density at radius 2 is 1.73 bits per heavy atom. The largest absolute Gasteiger partial charge is 0.491 e. The van der Waals surface area contributed by atoms with Gasteiger partial charge in [0.05, 0.1) is 11.7 Å². The Kier molecular flexibility index (Phi) is 6.98. The summed E-state index contributed by atoms with van der Waals surface area (Å²) in [4.78, 5) is 30.4. The van der Waals surface area contributed by atoms with E-state index in [0.29, 0.717) is 36.2 Å². The van der Waals surface area contributed by atoms with Crippen LogP contribution in [0.25, 0.3) is 0 Å². The Bertz CT molecular complexity index is 1580. The van der Waals surface area contributed by atoms with Crippen molar-refractivity contribution in [2.24, 2.45) is 0 Å². The van der Waals surface area contributed by atoms with E-state index in [1.807, 2.05) is 30.3 Å². The first kappa shape index (κ1) is 26.6. The lowest BCUT2D eigenvalue weighted by molar-refractivity contribution is -0.120. The van der Waals surface area contributed by atoms with Crippen LogP contribution in [-0.2, 0) is 33.9 Å². The molecule has 0 spiro atoms. The van der Waals surface area contributed by atoms with Crippen molar-refractivity contribution in [1.29, 1.82) is 0 Å². The van der Waals surface area contributed by atoms with Crippen LogP contribution in [-0.4, -0.2) is 29.3 Å². The Balaban J connectivity index is 1.32. The third kappa shape index (κ3) is 5.05. The van der Waals surface area contributed by atoms with Gasteiger partial charge in [-0.15, -0.1) is 0 Å². The Hall–Kier alpha value is -4.60. The van der Waals surface area contributed by atoms with Gasteiger partial charge in [0.1, 0.15) is 41.3 Å². The molecule has 0 saturated carbocycles. The van der Waals surface area contributed by atoms with Gasteiger partial charge in [0.25, 0.3) is 5.91 Å². The molecular formula is C31H25F4N3O3. The maximum absolute atomic E-state index is 14.7. The second kappa shape index (κ2) is 10.8. The lowest BCUT2D eigenvalue weighted by atomic mass is 9.98. The summed E-state index contributed by atoms with van der Waals surface area (Å²) >= 11 is 0. The molecule has 1 atom stereocenters. The van der Waals surface area contributed by atoms with Crippen molar-refractivity contribution < 1.29 is 31.9 Å². The fourth-order valence-electron chi connectivity index (χ4n) is 5.53. The lowest BCUT2D eigenvalue weighted by Crippen LogP contribution is -2.54. The highest BCUT2D eigenvalue weighted by Gasteiger charge is 2.43. The van der Waals surface area contributed by atoms with Gasteiger partial charge in [-0.25, -0.2) is 17.6 Å². The normalized spacial score (nSPS) is 17.9. The second-order valence-corrected chi connectivity index (χ2v) is 10.2. The van der Waals surface area contributed by atoms with E-state index in [-0.39, 0.29) is 54.4 Å². The molecule has 3 aliphatic rings. The Morgan fingerprint density at radius 3 is 2.49 bits per heavy atom. The predicted molar refractivity (Wildman–Crippen MR) is 142 cm³/mol. The maximum atomic E-state index is 14.7. The number of fused-ring (bicyclic) bond motifs is 6. The third-order valence-corrected chi connectivity index (χ3v) is 7.59. The molecule has 3 aromatic carbocycles. The number of nitrogens with one attached hydrogen (secondary N) is 1. The molecule has 3 aliphatic heterocycles. The van der Waals surface area contributed by atoms with Gasteiger partial charge in [0, 0.05) is 54.5 Å². The zero-order valence-corrected chi connectivity index (χ0v) is 21.8. The molecule has 0 aliphatic carbocycles. The minimum Gasteiger partial charge on any atom is -0.491 e. The summed E-state index contributed by atoms with van der Waals surface area (Å²) in [5, 5.41) is 2.50. The summed E-state index contributed by atoms with van der Waals surface area (Å²) in [5.74, 6) is -4.39. The first-order chi connectivity index (χ1) is 19.8. The number of anilines is 1. The molecule has 210 valence electrons. The molecule has 1 fully saturated rings. The van der Waals surface area contributed by atoms with Gasteiger partial charge in [-0.3, -0.25) is 9.59 Å². The van der Waals surface area contributed by atoms with Crippen LogP contribution < -0.4 is 10.2 Å². The minimum atomic E-state index is -1.11. The summed E-state index contributed by atoms with van der Waals surface area (Å²) in [5.41, 5.74) is 1.84. The lowest BCUT2D eigenvalue weighted by Gasteiger charge is -2.43. The molecule has 6 rings (SSSR count). The molecule has 3 heterocycles. The average Bonchev–Trinajstić information content (AvgIpc) is 3.13. The van der Waals surface area contributed by atoms with E-state index in [1.165, 1.54) is 6.07 Å². The molecule has 3 aromatic rings. The van der Waals surface area contributed by atoms with Crippen LogP contribution in [0.1, 0.15) is 29.5 Å². The fourth-order valence-corrected chi connectivity index (χ4v) is 5.53. The van der Waals surface area contributed by atoms with Crippen molar-refractivity contribution in [3.63, 3.8) is 0 Å². The van der Waals surface area contributed by atoms with Crippen molar-refractivity contribution >= 4 is 17.5 Å². The molecule has 6 nitrogen and oxygen atoms in total. The molecule has 2 bridgehead atoms. The standard InChI is InChI=1S/C31H25F4N3O3/c32-20-12-25(34)23(26(35)13-20)14-36-30(39)19-11-28(41-17-18-5-2-1-3-6-18)29-31(40)38-16-21(37(29)15-19)9-10-22-24(33)7-4-8-27(22)38/h1-8,12-13,15,21H,9-11,14,16-17H2,(H,36,39). The number of benzene rings is 3. The van der Waals surface area contributed by atoms with E-state index in [4.69, 9.17) is 4.74 Å². The summed E-state index contributed by atoms with van der Waals surface area (Å²) in [7, 11) is 0. The first-order valence-corrected chi connectivity index (χ1v) is 13.2. The van der Waals surface area contributed by atoms with Crippen molar-refractivity contribution in [3.8, 4) is 0 Å². The molecule has 10 heteroatoms. The van der Waals surface area contributed by atoms with Crippen LogP contribution in [0.3, 0.4) is 0 Å². The van der Waals surface area contributed by atoms with Crippen LogP contribution >= 0.6 is 0 Å². The van der Waals surface area contributed by atoms with Crippen molar-refractivity contribution in [1.82, 2.24) is 10.2 Å². The number of ether oxygens (including phenoxy) is 1. The number of carbonyl (C=O) groups excluding carboxylic acids is 2. The molecule has 0 radical (unpaired) electrons. The maximum Gasteiger partial charge on any atom is 0.278 e. The SMILES string of the molecule is O=C(NCc1c(F)cc(F)cc1F)C1=CN2C(=C(OCc3ccccc3)C1)C(=O)N1CC2CCc2c(F)cccc21. The number of halogens is 4. The van der Waals surface area contributed by atoms with Gasteiger partial charge >= 0.3 is 0 Å². The summed E-state index contributed by atoms with van der Waals surface area (Å²) in [6, 6.07) is 14.8. The van der Waals surface area contributed by atoms with Crippen molar-refractivity contribution in [2.45, 2.75) is 38.5 Å². The molecule has 1 N–H and O–H groups in total. The number of rotatable bonds is 6. The number of piperazine rings is 1. The Labute approximate surface area is 233 Å². The van der Waals surface area contributed by atoms with Gasteiger partial charge in [-0.1, -0.05) is 36.4 Å². The Morgan fingerprint density at radius 1 is 0.976 bits per heavy atom. The van der Waals surface area contributed by atoms with Gasteiger partial charge in [0.2, 0.25) is 5.91 Å². The van der Waals surface area contributed by atoms with Gasteiger partial charge in [0.15, 0.2) is 0 Å². The molecular weight excluding hydrogens is 538 g/mol. The zero-order chi connectivity index (χ0) is 28.7. The van der Waals surface area contributed by atoms with E-state index in [2.05, 4.69) is 5.32 Å². The van der Waals surface area contributed by atoms with Crippen molar-refractivity contribution in [3.05, 3.63) is 124 Å². The first-order valence-electron chi connectivity index (χ1n) is 13.2. The third-order valence-electron chi connectivity index (χ3n) is 7.59. The number of hydrogen-bond acceptors (Lipinski definition) is 4. The molecule has 1 unspecified atom stereocenters. The topological polar surface area (TPSA) is 61.9 Å². The zero-order valence-electron chi connectivity index (χ0n) is 21.8. The van der Waals surface area contributed by atoms with Crippen LogP contribution in [0.15, 0.2) is 83.9 Å². The molecule has 0 aromatic heterocycles. The number of amides is 2. The van der Waals surface area contributed by atoms with Crippen LogP contribution in [0.2, 0.25) is 0 Å². The summed E-state index contributed by atoms with van der Waals surface area (Å²) < 4.78 is 62.5. The smallest absolute Gasteiger partial charge is 0.278 e. The summed E-state index contributed by atoms with van der Waals surface area (Å²) in [6.07, 6.45) is 2.40. The minimum absolute atomic E-state index is 0.0544. The van der Waals surface area contributed by atoms with E-state index in [0.717, 1.165) is 5.56 Å². The molecule has 41 heavy (non-hydrogen) atoms. The quantitative estimate of drug-likeness (QED) is 0.417. The van der Waals surface area contributed by atoms with E-state index >= 15 is 0 Å². The van der Waals surface area contributed by atoms with Crippen molar-refractivity contribution in [2.75, 3.05) is 11.4 Å². The number of hydrogen-bond donors (Lipinski definition) is 1. The molecule has 2 amide bonds. The van der Waals surface area contributed by atoms with Crippen LogP contribution in [0.4, 0.5) is 23.2 Å². The van der Waals surface area contributed by atoms with Crippen LogP contribution in [0, 0.1) is 23.3 Å². The number of allylic oxidation sites excluding steroid dienone is 1.